The molecular weight excluding hydrogens is 342 g/mol. The van der Waals surface area contributed by atoms with Crippen molar-refractivity contribution in [2.45, 2.75) is 39.3 Å². The SMILES string of the molecule is C[C@@H]1CN(C(=O)OC(C)(C)C)CCN1c1nnc(Cl)c2ccncc12. The summed E-state index contributed by atoms with van der Waals surface area (Å²) in [5.74, 6) is 0.740. The molecule has 1 aliphatic heterocycles. The van der Waals surface area contributed by atoms with Crippen LogP contribution in [0.5, 0.6) is 0 Å². The van der Waals surface area contributed by atoms with E-state index in [1.807, 2.05) is 26.8 Å². The smallest absolute Gasteiger partial charge is 0.410 e. The van der Waals surface area contributed by atoms with Gasteiger partial charge in [0, 0.05) is 48.8 Å². The number of fused-ring (bicyclic) bond motifs is 1. The average molecular weight is 364 g/mol. The van der Waals surface area contributed by atoms with Gasteiger partial charge in [-0.05, 0) is 33.8 Å². The Morgan fingerprint density at radius 3 is 2.72 bits per heavy atom. The van der Waals surface area contributed by atoms with Crippen molar-refractivity contribution >= 4 is 34.3 Å². The van der Waals surface area contributed by atoms with Crippen LogP contribution in [0.2, 0.25) is 5.15 Å². The lowest BCUT2D eigenvalue weighted by Crippen LogP contribution is -2.55. The van der Waals surface area contributed by atoms with Gasteiger partial charge in [0.1, 0.15) is 5.60 Å². The zero-order valence-corrected chi connectivity index (χ0v) is 15.6. The van der Waals surface area contributed by atoms with Gasteiger partial charge in [-0.2, -0.15) is 0 Å². The first kappa shape index (κ1) is 17.7. The lowest BCUT2D eigenvalue weighted by molar-refractivity contribution is 0.0218. The van der Waals surface area contributed by atoms with Crippen molar-refractivity contribution < 1.29 is 9.53 Å². The summed E-state index contributed by atoms with van der Waals surface area (Å²) < 4.78 is 5.47. The number of ether oxygens (including phenoxy) is 1. The summed E-state index contributed by atoms with van der Waals surface area (Å²) >= 11 is 6.14. The lowest BCUT2D eigenvalue weighted by atomic mass is 10.1. The van der Waals surface area contributed by atoms with Gasteiger partial charge < -0.3 is 14.5 Å². The number of hydrogen-bond donors (Lipinski definition) is 0. The maximum atomic E-state index is 12.3. The molecule has 2 aromatic heterocycles. The molecule has 0 aromatic carbocycles. The molecule has 1 amide bonds. The molecule has 3 rings (SSSR count). The topological polar surface area (TPSA) is 71.5 Å². The summed E-state index contributed by atoms with van der Waals surface area (Å²) in [6, 6.07) is 1.90. The summed E-state index contributed by atoms with van der Waals surface area (Å²) in [7, 11) is 0. The molecule has 0 N–H and O–H groups in total. The number of carbonyl (C=O) groups is 1. The number of pyridine rings is 1. The highest BCUT2D eigenvalue weighted by atomic mass is 35.5. The number of carbonyl (C=O) groups excluding carboxylic acids is 1. The zero-order valence-electron chi connectivity index (χ0n) is 14.9. The fraction of sp³-hybridized carbons (Fsp3) is 0.529. The second-order valence-corrected chi connectivity index (χ2v) is 7.56. The fourth-order valence-electron chi connectivity index (χ4n) is 2.93. The van der Waals surface area contributed by atoms with Crippen LogP contribution in [-0.4, -0.2) is 57.5 Å². The Labute approximate surface area is 151 Å². The first-order valence-corrected chi connectivity index (χ1v) is 8.64. The maximum absolute atomic E-state index is 12.3. The molecule has 1 fully saturated rings. The number of aromatic nitrogens is 3. The Morgan fingerprint density at radius 2 is 2.04 bits per heavy atom. The van der Waals surface area contributed by atoms with E-state index in [-0.39, 0.29) is 12.1 Å². The highest BCUT2D eigenvalue weighted by Gasteiger charge is 2.31. The van der Waals surface area contributed by atoms with E-state index < -0.39 is 5.60 Å². The predicted molar refractivity (Wildman–Crippen MR) is 97.0 cm³/mol. The first-order valence-electron chi connectivity index (χ1n) is 8.27. The molecule has 25 heavy (non-hydrogen) atoms. The third-order valence-corrected chi connectivity index (χ3v) is 4.35. The normalized spacial score (nSPS) is 18.5. The fourth-order valence-corrected chi connectivity index (χ4v) is 3.13. The van der Waals surface area contributed by atoms with Crippen LogP contribution in [0.3, 0.4) is 0 Å². The van der Waals surface area contributed by atoms with E-state index >= 15 is 0 Å². The number of halogens is 1. The van der Waals surface area contributed by atoms with Crippen LogP contribution in [0, 0.1) is 0 Å². The van der Waals surface area contributed by atoms with Gasteiger partial charge in [-0.25, -0.2) is 4.79 Å². The van der Waals surface area contributed by atoms with E-state index in [4.69, 9.17) is 16.3 Å². The number of rotatable bonds is 1. The molecule has 134 valence electrons. The molecule has 0 bridgehead atoms. The molecule has 8 heteroatoms. The number of piperazine rings is 1. The van der Waals surface area contributed by atoms with Crippen molar-refractivity contribution in [1.29, 1.82) is 0 Å². The Balaban J connectivity index is 1.81. The second-order valence-electron chi connectivity index (χ2n) is 7.20. The van der Waals surface area contributed by atoms with Crippen LogP contribution >= 0.6 is 11.6 Å². The summed E-state index contributed by atoms with van der Waals surface area (Å²) in [6.45, 7) is 9.41. The van der Waals surface area contributed by atoms with E-state index in [9.17, 15) is 4.79 Å². The number of hydrogen-bond acceptors (Lipinski definition) is 6. The summed E-state index contributed by atoms with van der Waals surface area (Å²) in [6.07, 6.45) is 3.15. The van der Waals surface area contributed by atoms with Gasteiger partial charge in [0.2, 0.25) is 0 Å². The maximum Gasteiger partial charge on any atom is 0.410 e. The van der Waals surface area contributed by atoms with Crippen molar-refractivity contribution in [2.24, 2.45) is 0 Å². The predicted octanol–water partition coefficient (Wildman–Crippen LogP) is 3.12. The number of amides is 1. The molecule has 1 atom stereocenters. The monoisotopic (exact) mass is 363 g/mol. The molecule has 1 saturated heterocycles. The standard InChI is InChI=1S/C17H22ClN5O2/c1-11-10-22(16(24)25-17(2,3)4)7-8-23(11)15-13-9-19-6-5-12(13)14(18)20-21-15/h5-6,9,11H,7-8,10H2,1-4H3/t11-/m1/s1. The number of anilines is 1. The van der Waals surface area contributed by atoms with Gasteiger partial charge in [0.15, 0.2) is 11.0 Å². The Bertz CT molecular complexity index is 792. The van der Waals surface area contributed by atoms with Crippen molar-refractivity contribution in [2.75, 3.05) is 24.5 Å². The minimum Gasteiger partial charge on any atom is -0.444 e. The molecule has 3 heterocycles. The molecule has 1 aliphatic rings. The highest BCUT2D eigenvalue weighted by Crippen LogP contribution is 2.29. The van der Waals surface area contributed by atoms with Crippen LogP contribution in [0.15, 0.2) is 18.5 Å². The molecule has 0 radical (unpaired) electrons. The molecule has 0 spiro atoms. The van der Waals surface area contributed by atoms with E-state index in [2.05, 4.69) is 27.0 Å². The summed E-state index contributed by atoms with van der Waals surface area (Å²) in [5.41, 5.74) is -0.499. The third kappa shape index (κ3) is 3.76. The molecule has 7 nitrogen and oxygen atoms in total. The first-order chi connectivity index (χ1) is 11.8. The van der Waals surface area contributed by atoms with E-state index in [0.717, 1.165) is 16.6 Å². The van der Waals surface area contributed by atoms with E-state index in [1.165, 1.54) is 0 Å². The van der Waals surface area contributed by atoms with Crippen LogP contribution in [0.4, 0.5) is 10.6 Å². The largest absolute Gasteiger partial charge is 0.444 e. The average Bonchev–Trinajstić information content (AvgIpc) is 2.54. The third-order valence-electron chi connectivity index (χ3n) is 4.07. The summed E-state index contributed by atoms with van der Waals surface area (Å²) in [5, 5.41) is 10.4. The highest BCUT2D eigenvalue weighted by molar-refractivity contribution is 6.34. The van der Waals surface area contributed by atoms with Crippen LogP contribution in [-0.2, 0) is 4.74 Å². The zero-order chi connectivity index (χ0) is 18.2. The minimum atomic E-state index is -0.499. The van der Waals surface area contributed by atoms with E-state index in [0.29, 0.717) is 24.8 Å². The van der Waals surface area contributed by atoms with Crippen LogP contribution in [0.25, 0.3) is 10.8 Å². The second kappa shape index (κ2) is 6.63. The molecular formula is C17H22ClN5O2. The van der Waals surface area contributed by atoms with Crippen molar-refractivity contribution in [3.05, 3.63) is 23.6 Å². The number of nitrogens with zero attached hydrogens (tertiary/aromatic N) is 5. The van der Waals surface area contributed by atoms with Crippen LogP contribution in [0.1, 0.15) is 27.7 Å². The van der Waals surface area contributed by atoms with Crippen LogP contribution < -0.4 is 4.90 Å². The molecule has 2 aromatic rings. The van der Waals surface area contributed by atoms with Gasteiger partial charge in [-0.3, -0.25) is 4.98 Å². The lowest BCUT2D eigenvalue weighted by Gasteiger charge is -2.40. The quantitative estimate of drug-likeness (QED) is 0.775. The van der Waals surface area contributed by atoms with Gasteiger partial charge >= 0.3 is 6.09 Å². The minimum absolute atomic E-state index is 0.0696. The van der Waals surface area contributed by atoms with Crippen molar-refractivity contribution in [3.8, 4) is 0 Å². The Kier molecular flexibility index (Phi) is 4.69. The summed E-state index contributed by atoms with van der Waals surface area (Å²) in [4.78, 5) is 20.3. The van der Waals surface area contributed by atoms with Gasteiger partial charge in [-0.1, -0.05) is 11.6 Å². The molecule has 0 aliphatic carbocycles. The Hall–Kier alpha value is -2.15. The molecule has 0 saturated carbocycles. The van der Waals surface area contributed by atoms with E-state index in [1.54, 1.807) is 17.3 Å². The van der Waals surface area contributed by atoms with Gasteiger partial charge in [-0.15, -0.1) is 10.2 Å². The van der Waals surface area contributed by atoms with Gasteiger partial charge in [0.05, 0.1) is 0 Å². The molecule has 0 unspecified atom stereocenters. The Morgan fingerprint density at radius 1 is 1.28 bits per heavy atom. The van der Waals surface area contributed by atoms with Crippen molar-refractivity contribution in [1.82, 2.24) is 20.1 Å². The van der Waals surface area contributed by atoms with Gasteiger partial charge in [0.25, 0.3) is 0 Å². The van der Waals surface area contributed by atoms with Crippen molar-refractivity contribution in [3.63, 3.8) is 0 Å².